The fourth-order valence-corrected chi connectivity index (χ4v) is 2.98. The Bertz CT molecular complexity index is 692. The summed E-state index contributed by atoms with van der Waals surface area (Å²) in [6.07, 6.45) is 4.84. The Morgan fingerprint density at radius 2 is 1.68 bits per heavy atom. The van der Waals surface area contributed by atoms with Crippen LogP contribution < -0.4 is 15.5 Å². The van der Waals surface area contributed by atoms with Crippen molar-refractivity contribution >= 4 is 40.9 Å². The molecule has 1 atom stereocenters. The predicted molar refractivity (Wildman–Crippen MR) is 130 cm³/mol. The molecule has 1 unspecified atom stereocenters. The summed E-state index contributed by atoms with van der Waals surface area (Å²) in [6, 6.07) is 6.88. The number of hydrogen-bond acceptors (Lipinski definition) is 4. The molecule has 0 radical (unpaired) electrons. The average molecular weight is 472 g/mol. The van der Waals surface area contributed by atoms with Crippen LogP contribution in [0.4, 0.5) is 10.5 Å². The highest BCUT2D eigenvalue weighted by Crippen LogP contribution is 2.17. The Balaban J connectivity index is 0.00000436. The zero-order valence-corrected chi connectivity index (χ0v) is 20.6. The van der Waals surface area contributed by atoms with Crippen molar-refractivity contribution in [2.24, 2.45) is 0 Å². The van der Waals surface area contributed by atoms with Crippen LogP contribution in [0.25, 0.3) is 0 Å². The van der Waals surface area contributed by atoms with Gasteiger partial charge in [0.2, 0.25) is 5.91 Å². The van der Waals surface area contributed by atoms with Crippen LogP contribution in [0, 0.1) is 12.3 Å². The van der Waals surface area contributed by atoms with Crippen LogP contribution >= 0.6 is 23.2 Å². The highest BCUT2D eigenvalue weighted by atomic mass is 35.5. The van der Waals surface area contributed by atoms with E-state index in [1.807, 2.05) is 38.1 Å². The summed E-state index contributed by atoms with van der Waals surface area (Å²) in [5, 5.41) is 5.22. The van der Waals surface area contributed by atoms with Crippen LogP contribution in [-0.4, -0.2) is 55.0 Å². The molecule has 0 saturated heterocycles. The number of halogens is 2. The molecule has 174 valence electrons. The monoisotopic (exact) mass is 471 g/mol. The second-order valence-electron chi connectivity index (χ2n) is 7.36. The van der Waals surface area contributed by atoms with Crippen LogP contribution in [0.5, 0.6) is 0 Å². The van der Waals surface area contributed by atoms with Gasteiger partial charge in [-0.1, -0.05) is 31.9 Å². The van der Waals surface area contributed by atoms with Gasteiger partial charge in [0.15, 0.2) is 0 Å². The Labute approximate surface area is 197 Å². The van der Waals surface area contributed by atoms with E-state index in [1.54, 1.807) is 20.8 Å². The summed E-state index contributed by atoms with van der Waals surface area (Å²) in [5.74, 6) is 2.97. The highest BCUT2D eigenvalue weighted by Gasteiger charge is 2.24. The normalized spacial score (nSPS) is 11.3. The number of alkyl carbamates (subject to hydrolysis) is 1. The minimum atomic E-state index is -0.814. The molecule has 0 aliphatic heterocycles. The lowest BCUT2D eigenvalue weighted by atomic mass is 10.0. The Hall–Kier alpha value is -2.10. The number of nitrogens with zero attached hydrogens (tertiary/aromatic N) is 1. The van der Waals surface area contributed by atoms with Gasteiger partial charge in [-0.3, -0.25) is 4.79 Å². The number of carbonyl (C=O) groups is 2. The lowest BCUT2D eigenvalue weighted by Crippen LogP contribution is -2.49. The van der Waals surface area contributed by atoms with Gasteiger partial charge in [0.25, 0.3) is 0 Å². The van der Waals surface area contributed by atoms with Crippen LogP contribution in [-0.2, 0) is 16.0 Å². The number of anilines is 1. The summed E-state index contributed by atoms with van der Waals surface area (Å²) >= 11 is 11.7. The molecule has 0 aliphatic carbocycles. The van der Waals surface area contributed by atoms with Gasteiger partial charge < -0.3 is 20.3 Å². The van der Waals surface area contributed by atoms with E-state index in [4.69, 9.17) is 34.4 Å². The molecule has 0 aliphatic rings. The molecule has 1 rings (SSSR count). The molecular formula is C23H35Cl2N3O3. The van der Waals surface area contributed by atoms with Crippen molar-refractivity contribution < 1.29 is 14.3 Å². The van der Waals surface area contributed by atoms with E-state index < -0.39 is 17.7 Å². The number of carbonyl (C=O) groups excluding carboxylic acids is 2. The van der Waals surface area contributed by atoms with Crippen LogP contribution in [0.1, 0.15) is 40.2 Å². The molecule has 8 heteroatoms. The molecule has 0 saturated carbocycles. The number of ether oxygens (including phenoxy) is 1. The van der Waals surface area contributed by atoms with Crippen LogP contribution in [0.15, 0.2) is 24.3 Å². The molecule has 31 heavy (non-hydrogen) atoms. The number of benzene rings is 1. The third kappa shape index (κ3) is 12.4. The van der Waals surface area contributed by atoms with Crippen molar-refractivity contribution in [3.63, 3.8) is 0 Å². The third-order valence-corrected chi connectivity index (χ3v) is 4.16. The second-order valence-corrected chi connectivity index (χ2v) is 8.11. The topological polar surface area (TPSA) is 70.7 Å². The maximum atomic E-state index is 12.4. The lowest BCUT2D eigenvalue weighted by Gasteiger charge is -2.24. The van der Waals surface area contributed by atoms with Gasteiger partial charge in [-0.15, -0.1) is 29.6 Å². The summed E-state index contributed by atoms with van der Waals surface area (Å²) < 4.78 is 5.26. The first-order valence-corrected chi connectivity index (χ1v) is 11.4. The molecule has 1 aromatic rings. The van der Waals surface area contributed by atoms with Gasteiger partial charge >= 0.3 is 6.09 Å². The van der Waals surface area contributed by atoms with Gasteiger partial charge in [0.1, 0.15) is 11.6 Å². The molecule has 6 nitrogen and oxygen atoms in total. The molecule has 2 amide bonds. The summed E-state index contributed by atoms with van der Waals surface area (Å²) in [4.78, 5) is 26.7. The van der Waals surface area contributed by atoms with Crippen molar-refractivity contribution in [3.8, 4) is 12.3 Å². The number of terminal acetylenes is 1. The van der Waals surface area contributed by atoms with Crippen molar-refractivity contribution in [2.45, 2.75) is 52.7 Å². The van der Waals surface area contributed by atoms with E-state index in [0.29, 0.717) is 31.3 Å². The van der Waals surface area contributed by atoms with E-state index in [0.717, 1.165) is 11.3 Å². The standard InChI is InChI=1S/C21H29Cl2N3O3.C2H6/c1-5-12-24-19(27)18(25-20(28)29-21(2,3)4)15-16-6-8-17(9-7-16)26(13-10-22)14-11-23;1-2/h1,6-9,18H,10-15H2,2-4H3,(H,24,27)(H,25,28);1-2H3. The van der Waals surface area contributed by atoms with Gasteiger partial charge in [0, 0.05) is 37.0 Å². The van der Waals surface area contributed by atoms with Crippen molar-refractivity contribution in [3.05, 3.63) is 29.8 Å². The fourth-order valence-electron chi connectivity index (χ4n) is 2.57. The molecule has 0 aromatic heterocycles. The van der Waals surface area contributed by atoms with Crippen molar-refractivity contribution in [1.82, 2.24) is 10.6 Å². The van der Waals surface area contributed by atoms with Gasteiger partial charge in [0.05, 0.1) is 6.54 Å². The number of rotatable bonds is 10. The Kier molecular flexibility index (Phi) is 14.6. The van der Waals surface area contributed by atoms with E-state index in [2.05, 4.69) is 21.5 Å². The quantitative estimate of drug-likeness (QED) is 0.396. The fraction of sp³-hybridized carbons (Fsp3) is 0.565. The first-order chi connectivity index (χ1) is 14.7. The number of amides is 2. The van der Waals surface area contributed by atoms with Crippen molar-refractivity contribution in [1.29, 1.82) is 0 Å². The first kappa shape index (κ1) is 28.9. The zero-order chi connectivity index (χ0) is 23.9. The minimum Gasteiger partial charge on any atom is -0.444 e. The predicted octanol–water partition coefficient (Wildman–Crippen LogP) is 4.18. The van der Waals surface area contributed by atoms with E-state index >= 15 is 0 Å². The van der Waals surface area contributed by atoms with E-state index in [-0.39, 0.29) is 12.5 Å². The summed E-state index contributed by atoms with van der Waals surface area (Å²) in [7, 11) is 0. The second kappa shape index (κ2) is 15.7. The molecule has 0 fully saturated rings. The van der Waals surface area contributed by atoms with E-state index in [1.165, 1.54) is 0 Å². The third-order valence-electron chi connectivity index (χ3n) is 3.82. The number of hydrogen-bond donors (Lipinski definition) is 2. The van der Waals surface area contributed by atoms with Crippen LogP contribution in [0.3, 0.4) is 0 Å². The Morgan fingerprint density at radius 3 is 2.13 bits per heavy atom. The maximum absolute atomic E-state index is 12.4. The van der Waals surface area contributed by atoms with Crippen molar-refractivity contribution in [2.75, 3.05) is 36.3 Å². The molecule has 1 aromatic carbocycles. The van der Waals surface area contributed by atoms with Gasteiger partial charge in [-0.05, 0) is 38.5 Å². The highest BCUT2D eigenvalue weighted by molar-refractivity contribution is 6.18. The largest absolute Gasteiger partial charge is 0.444 e. The summed E-state index contributed by atoms with van der Waals surface area (Å²) in [5.41, 5.74) is 1.20. The number of nitrogens with one attached hydrogen (secondary N) is 2. The SMILES string of the molecule is C#CCNC(=O)C(Cc1ccc(N(CCCl)CCCl)cc1)NC(=O)OC(C)(C)C.CC. The zero-order valence-electron chi connectivity index (χ0n) is 19.1. The number of alkyl halides is 2. The molecule has 2 N–H and O–H groups in total. The molecular weight excluding hydrogens is 437 g/mol. The molecule has 0 heterocycles. The molecule has 0 bridgehead atoms. The van der Waals surface area contributed by atoms with Gasteiger partial charge in [-0.25, -0.2) is 4.79 Å². The van der Waals surface area contributed by atoms with E-state index in [9.17, 15) is 9.59 Å². The Morgan fingerprint density at radius 1 is 1.13 bits per heavy atom. The smallest absolute Gasteiger partial charge is 0.408 e. The first-order valence-electron chi connectivity index (χ1n) is 10.4. The molecule has 0 spiro atoms. The minimum absolute atomic E-state index is 0.0794. The summed E-state index contributed by atoms with van der Waals surface area (Å²) in [6.45, 7) is 10.7. The van der Waals surface area contributed by atoms with Gasteiger partial charge in [-0.2, -0.15) is 0 Å². The lowest BCUT2D eigenvalue weighted by molar-refractivity contribution is -0.122. The van der Waals surface area contributed by atoms with Crippen LogP contribution in [0.2, 0.25) is 0 Å². The average Bonchev–Trinajstić information content (AvgIpc) is 2.72. The maximum Gasteiger partial charge on any atom is 0.408 e.